The number of benzene rings is 4. The van der Waals surface area contributed by atoms with E-state index in [9.17, 15) is 18.0 Å². The molecule has 0 unspecified atom stereocenters. The van der Waals surface area contributed by atoms with Crippen molar-refractivity contribution >= 4 is 43.5 Å². The molecular formula is C35H38BrN3O4S. The first kappa shape index (κ1) is 33.0. The van der Waals surface area contributed by atoms with E-state index in [1.165, 1.54) is 4.90 Å². The first-order valence-electron chi connectivity index (χ1n) is 14.5. The third-order valence-corrected chi connectivity index (χ3v) is 9.49. The van der Waals surface area contributed by atoms with Crippen LogP contribution in [0.15, 0.2) is 112 Å². The van der Waals surface area contributed by atoms with E-state index >= 15 is 0 Å². The molecule has 0 saturated carbocycles. The Kier molecular flexibility index (Phi) is 11.0. The Balaban J connectivity index is 1.79. The summed E-state index contributed by atoms with van der Waals surface area (Å²) < 4.78 is 30.2. The number of carbonyl (C=O) groups is 2. The maximum absolute atomic E-state index is 14.4. The first-order valence-corrected chi connectivity index (χ1v) is 16.7. The number of nitrogens with zero attached hydrogens (tertiary/aromatic N) is 2. The molecule has 1 atom stereocenters. The van der Waals surface area contributed by atoms with Crippen LogP contribution in [0, 0.1) is 13.8 Å². The van der Waals surface area contributed by atoms with Gasteiger partial charge in [0.25, 0.3) is 10.0 Å². The molecule has 0 aromatic heterocycles. The summed E-state index contributed by atoms with van der Waals surface area (Å²) in [5.74, 6) is -0.804. The van der Waals surface area contributed by atoms with Crippen LogP contribution < -0.4 is 9.62 Å². The smallest absolute Gasteiger partial charge is 0.264 e. The van der Waals surface area contributed by atoms with Crippen LogP contribution in [-0.2, 0) is 32.6 Å². The molecule has 230 valence electrons. The van der Waals surface area contributed by atoms with Crippen molar-refractivity contribution in [2.75, 3.05) is 10.8 Å². The van der Waals surface area contributed by atoms with Gasteiger partial charge in [-0.2, -0.15) is 0 Å². The highest BCUT2D eigenvalue weighted by molar-refractivity contribution is 9.10. The highest BCUT2D eigenvalue weighted by Crippen LogP contribution is 2.26. The van der Waals surface area contributed by atoms with Crippen molar-refractivity contribution in [3.8, 4) is 0 Å². The molecule has 0 spiro atoms. The largest absolute Gasteiger partial charge is 0.352 e. The van der Waals surface area contributed by atoms with Crippen LogP contribution in [-0.4, -0.2) is 43.8 Å². The number of halogens is 1. The van der Waals surface area contributed by atoms with Crippen molar-refractivity contribution in [2.45, 2.75) is 57.6 Å². The van der Waals surface area contributed by atoms with Crippen LogP contribution >= 0.6 is 15.9 Å². The van der Waals surface area contributed by atoms with E-state index in [1.54, 1.807) is 36.4 Å². The Labute approximate surface area is 269 Å². The Bertz CT molecular complexity index is 1660. The van der Waals surface area contributed by atoms with Gasteiger partial charge in [0.2, 0.25) is 11.8 Å². The van der Waals surface area contributed by atoms with Gasteiger partial charge in [0, 0.05) is 23.5 Å². The minimum absolute atomic E-state index is 0.0781. The third-order valence-electron chi connectivity index (χ3n) is 7.18. The zero-order valence-electron chi connectivity index (χ0n) is 25.4. The number of sulfonamides is 1. The lowest BCUT2D eigenvalue weighted by molar-refractivity contribution is -0.140. The SMILES string of the molecule is Cc1ccc(N(CC(=O)N(Cc2ccc(Br)cc2)[C@H](Cc2ccccc2)C(=O)NC(C)C)S(=O)(=O)c2ccc(C)cc2)cc1. The van der Waals surface area contributed by atoms with Gasteiger partial charge in [-0.05, 0) is 75.2 Å². The molecule has 9 heteroatoms. The predicted octanol–water partition coefficient (Wildman–Crippen LogP) is 6.43. The average molecular weight is 677 g/mol. The number of amides is 2. The van der Waals surface area contributed by atoms with Crippen LogP contribution in [0.1, 0.15) is 36.1 Å². The van der Waals surface area contributed by atoms with Gasteiger partial charge in [0.05, 0.1) is 10.6 Å². The van der Waals surface area contributed by atoms with E-state index in [1.807, 2.05) is 94.4 Å². The molecule has 0 bridgehead atoms. The Morgan fingerprint density at radius 3 is 1.91 bits per heavy atom. The summed E-state index contributed by atoms with van der Waals surface area (Å²) in [7, 11) is -4.14. The van der Waals surface area contributed by atoms with Crippen molar-refractivity contribution in [1.82, 2.24) is 10.2 Å². The molecule has 0 fully saturated rings. The summed E-state index contributed by atoms with van der Waals surface area (Å²) in [4.78, 5) is 29.8. The fourth-order valence-electron chi connectivity index (χ4n) is 4.80. The van der Waals surface area contributed by atoms with Crippen LogP contribution in [0.3, 0.4) is 0 Å². The maximum Gasteiger partial charge on any atom is 0.264 e. The molecular weight excluding hydrogens is 638 g/mol. The highest BCUT2D eigenvalue weighted by atomic mass is 79.9. The molecule has 0 heterocycles. The maximum atomic E-state index is 14.4. The lowest BCUT2D eigenvalue weighted by Crippen LogP contribution is -2.54. The molecule has 1 N–H and O–H groups in total. The summed E-state index contributed by atoms with van der Waals surface area (Å²) in [5.41, 5.74) is 3.92. The van der Waals surface area contributed by atoms with Crippen LogP contribution in [0.4, 0.5) is 5.69 Å². The lowest BCUT2D eigenvalue weighted by Gasteiger charge is -2.34. The van der Waals surface area contributed by atoms with Crippen molar-refractivity contribution in [3.05, 3.63) is 130 Å². The standard InChI is InChI=1S/C35H38BrN3O4S/c1-25(2)37-35(41)33(22-28-8-6-5-7-9-28)38(23-29-14-16-30(36)17-15-29)34(40)24-39(31-18-10-26(3)11-19-31)44(42,43)32-20-12-27(4)13-21-32/h5-21,25,33H,22-24H2,1-4H3,(H,37,41)/t33-/m1/s1. The Morgan fingerprint density at radius 2 is 1.34 bits per heavy atom. The predicted molar refractivity (Wildman–Crippen MR) is 179 cm³/mol. The zero-order chi connectivity index (χ0) is 31.9. The van der Waals surface area contributed by atoms with E-state index in [4.69, 9.17) is 0 Å². The van der Waals surface area contributed by atoms with Crippen molar-refractivity contribution < 1.29 is 18.0 Å². The van der Waals surface area contributed by atoms with Crippen LogP contribution in [0.2, 0.25) is 0 Å². The van der Waals surface area contributed by atoms with E-state index in [0.717, 1.165) is 31.0 Å². The van der Waals surface area contributed by atoms with Gasteiger partial charge in [-0.1, -0.05) is 93.8 Å². The molecule has 44 heavy (non-hydrogen) atoms. The van der Waals surface area contributed by atoms with Gasteiger partial charge >= 0.3 is 0 Å². The summed E-state index contributed by atoms with van der Waals surface area (Å²) in [6.45, 7) is 7.15. The second-order valence-electron chi connectivity index (χ2n) is 11.2. The molecule has 0 aliphatic rings. The lowest BCUT2D eigenvalue weighted by atomic mass is 10.0. The quantitative estimate of drug-likeness (QED) is 0.188. The van der Waals surface area contributed by atoms with Gasteiger partial charge in [0.1, 0.15) is 12.6 Å². The molecule has 0 radical (unpaired) electrons. The minimum Gasteiger partial charge on any atom is -0.352 e. The second-order valence-corrected chi connectivity index (χ2v) is 14.0. The average Bonchev–Trinajstić information content (AvgIpc) is 2.99. The second kappa shape index (κ2) is 14.7. The van der Waals surface area contributed by atoms with E-state index in [2.05, 4.69) is 21.2 Å². The molecule has 0 aliphatic heterocycles. The number of hydrogen-bond acceptors (Lipinski definition) is 4. The van der Waals surface area contributed by atoms with Gasteiger partial charge in [0.15, 0.2) is 0 Å². The van der Waals surface area contributed by atoms with E-state index in [0.29, 0.717) is 5.69 Å². The molecule has 4 aromatic rings. The van der Waals surface area contributed by atoms with Gasteiger partial charge in [-0.25, -0.2) is 8.42 Å². The number of rotatable bonds is 12. The third kappa shape index (κ3) is 8.57. The van der Waals surface area contributed by atoms with Crippen molar-refractivity contribution in [1.29, 1.82) is 0 Å². The Hall–Kier alpha value is -3.95. The zero-order valence-corrected chi connectivity index (χ0v) is 27.8. The van der Waals surface area contributed by atoms with E-state index in [-0.39, 0.29) is 29.8 Å². The molecule has 0 saturated heterocycles. The summed E-state index contributed by atoms with van der Waals surface area (Å²) in [6, 6.07) is 29.5. The van der Waals surface area contributed by atoms with E-state index < -0.39 is 28.5 Å². The van der Waals surface area contributed by atoms with Crippen LogP contribution in [0.5, 0.6) is 0 Å². The summed E-state index contributed by atoms with van der Waals surface area (Å²) >= 11 is 3.46. The van der Waals surface area contributed by atoms with Gasteiger partial charge in [-0.3, -0.25) is 13.9 Å². The monoisotopic (exact) mass is 675 g/mol. The molecule has 4 aromatic carbocycles. The fourth-order valence-corrected chi connectivity index (χ4v) is 6.48. The van der Waals surface area contributed by atoms with Gasteiger partial charge in [-0.15, -0.1) is 0 Å². The minimum atomic E-state index is -4.14. The number of nitrogens with one attached hydrogen (secondary N) is 1. The van der Waals surface area contributed by atoms with Gasteiger partial charge < -0.3 is 10.2 Å². The number of aryl methyl sites for hydroxylation is 2. The molecule has 4 rings (SSSR count). The van der Waals surface area contributed by atoms with Crippen molar-refractivity contribution in [2.24, 2.45) is 0 Å². The summed E-state index contributed by atoms with van der Waals surface area (Å²) in [5, 5.41) is 2.97. The molecule has 0 aliphatic carbocycles. The topological polar surface area (TPSA) is 86.8 Å². The molecule has 7 nitrogen and oxygen atoms in total. The highest BCUT2D eigenvalue weighted by Gasteiger charge is 2.34. The Morgan fingerprint density at radius 1 is 0.773 bits per heavy atom. The molecule has 2 amide bonds. The number of carbonyl (C=O) groups excluding carboxylic acids is 2. The van der Waals surface area contributed by atoms with Crippen LogP contribution in [0.25, 0.3) is 0 Å². The number of anilines is 1. The summed E-state index contributed by atoms with van der Waals surface area (Å²) in [6.07, 6.45) is 0.261. The first-order chi connectivity index (χ1) is 20.9. The number of hydrogen-bond donors (Lipinski definition) is 1. The normalized spacial score (nSPS) is 12.0. The van der Waals surface area contributed by atoms with Crippen molar-refractivity contribution in [3.63, 3.8) is 0 Å². The fraction of sp³-hybridized carbons (Fsp3) is 0.257.